The Kier molecular flexibility index (Phi) is 4.66. The highest BCUT2D eigenvalue weighted by molar-refractivity contribution is 7.21. The van der Waals surface area contributed by atoms with Crippen molar-refractivity contribution in [3.05, 3.63) is 34.7 Å². The van der Waals surface area contributed by atoms with Crippen molar-refractivity contribution in [1.29, 1.82) is 0 Å². The number of nitrogens with zero attached hydrogens (tertiary/aromatic N) is 1. The smallest absolute Gasteiger partial charge is 0.328 e. The molecule has 2 aromatic rings. The number of fused-ring (bicyclic) bond motifs is 1. The lowest BCUT2D eigenvalue weighted by Crippen LogP contribution is -2.48. The van der Waals surface area contributed by atoms with Crippen molar-refractivity contribution in [1.82, 2.24) is 4.90 Å². The lowest BCUT2D eigenvalue weighted by atomic mass is 10.0. The molecule has 23 heavy (non-hydrogen) atoms. The third kappa shape index (κ3) is 2.98. The molecule has 3 rings (SSSR count). The van der Waals surface area contributed by atoms with Crippen molar-refractivity contribution in [3.63, 3.8) is 0 Å². The molecule has 0 radical (unpaired) electrons. The minimum Gasteiger partial charge on any atom is -0.464 e. The average Bonchev–Trinajstić information content (AvgIpc) is 2.92. The first-order valence-corrected chi connectivity index (χ1v) is 8.91. The Hall–Kier alpha value is -1.88. The number of benzene rings is 1. The number of likely N-dealkylation sites (tertiary alicyclic amines) is 1. The summed E-state index contributed by atoms with van der Waals surface area (Å²) >= 11 is 1.51. The maximum atomic E-state index is 13.0. The van der Waals surface area contributed by atoms with Gasteiger partial charge in [0.05, 0.1) is 11.5 Å². The first-order chi connectivity index (χ1) is 11.1. The van der Waals surface area contributed by atoms with Crippen LogP contribution in [0.4, 0.5) is 0 Å². The van der Waals surface area contributed by atoms with Gasteiger partial charge in [-0.25, -0.2) is 4.79 Å². The summed E-state index contributed by atoms with van der Waals surface area (Å²) in [5, 5.41) is 1.12. The number of thiophene rings is 1. The second-order valence-corrected chi connectivity index (χ2v) is 6.87. The molecule has 0 saturated carbocycles. The van der Waals surface area contributed by atoms with E-state index >= 15 is 0 Å². The molecule has 1 aliphatic rings. The number of piperidine rings is 1. The second-order valence-electron chi connectivity index (χ2n) is 5.81. The number of carbonyl (C=O) groups is 2. The normalized spacial score (nSPS) is 18.2. The molecule has 2 heterocycles. The third-order valence-corrected chi connectivity index (χ3v) is 5.62. The molecule has 4 nitrogen and oxygen atoms in total. The molecule has 0 spiro atoms. The summed E-state index contributed by atoms with van der Waals surface area (Å²) in [6, 6.07) is 7.59. The lowest BCUT2D eigenvalue weighted by Gasteiger charge is -2.33. The number of ether oxygens (including phenoxy) is 1. The molecule has 1 aromatic carbocycles. The van der Waals surface area contributed by atoms with Crippen molar-refractivity contribution >= 4 is 33.3 Å². The van der Waals surface area contributed by atoms with Gasteiger partial charge in [-0.1, -0.05) is 18.2 Å². The van der Waals surface area contributed by atoms with Gasteiger partial charge in [0.15, 0.2) is 0 Å². The van der Waals surface area contributed by atoms with Gasteiger partial charge in [0.1, 0.15) is 6.04 Å². The Morgan fingerprint density at radius 2 is 2.09 bits per heavy atom. The minimum absolute atomic E-state index is 0.0403. The number of carbonyl (C=O) groups excluding carboxylic acids is 2. The van der Waals surface area contributed by atoms with E-state index in [1.165, 1.54) is 11.3 Å². The quantitative estimate of drug-likeness (QED) is 0.804. The van der Waals surface area contributed by atoms with Crippen LogP contribution in [0.1, 0.15) is 41.4 Å². The number of hydrogen-bond donors (Lipinski definition) is 0. The van der Waals surface area contributed by atoms with E-state index in [0.29, 0.717) is 19.6 Å². The van der Waals surface area contributed by atoms with E-state index in [1.807, 2.05) is 31.2 Å². The highest BCUT2D eigenvalue weighted by Gasteiger charge is 2.34. The van der Waals surface area contributed by atoms with Crippen LogP contribution in [-0.4, -0.2) is 36.0 Å². The van der Waals surface area contributed by atoms with Crippen LogP contribution in [0, 0.1) is 6.92 Å². The molecule has 1 saturated heterocycles. The van der Waals surface area contributed by atoms with Gasteiger partial charge < -0.3 is 9.64 Å². The number of amides is 1. The molecule has 1 atom stereocenters. The molecule has 0 unspecified atom stereocenters. The Balaban J connectivity index is 1.93. The summed E-state index contributed by atoms with van der Waals surface area (Å²) < 4.78 is 6.27. The van der Waals surface area contributed by atoms with Crippen LogP contribution in [0.5, 0.6) is 0 Å². The summed E-state index contributed by atoms with van der Waals surface area (Å²) in [5.74, 6) is -0.319. The standard InChI is InChI=1S/C18H21NO3S/c1-3-22-18(21)14-9-6-7-11-19(14)17(20)16-12(2)13-8-4-5-10-15(13)23-16/h4-5,8,10,14H,3,6-7,9,11H2,1-2H3/t14-/m0/s1. The molecule has 5 heteroatoms. The lowest BCUT2D eigenvalue weighted by molar-refractivity contribution is -0.149. The highest BCUT2D eigenvalue weighted by atomic mass is 32.1. The van der Waals surface area contributed by atoms with Crippen molar-refractivity contribution in [2.75, 3.05) is 13.2 Å². The van der Waals surface area contributed by atoms with E-state index in [1.54, 1.807) is 11.8 Å². The maximum Gasteiger partial charge on any atom is 0.328 e. The molecule has 122 valence electrons. The first kappa shape index (κ1) is 16.0. The molecule has 1 aliphatic heterocycles. The van der Waals surface area contributed by atoms with Gasteiger partial charge >= 0.3 is 5.97 Å². The van der Waals surface area contributed by atoms with E-state index in [4.69, 9.17) is 4.74 Å². The molecule has 0 N–H and O–H groups in total. The monoisotopic (exact) mass is 331 g/mol. The maximum absolute atomic E-state index is 13.0. The SMILES string of the molecule is CCOC(=O)[C@@H]1CCCCN1C(=O)c1sc2ccccc2c1C. The fraction of sp³-hybridized carbons (Fsp3) is 0.444. The Labute approximate surface area is 140 Å². The molecular weight excluding hydrogens is 310 g/mol. The predicted molar refractivity (Wildman–Crippen MR) is 91.9 cm³/mol. The van der Waals surface area contributed by atoms with Crippen molar-refractivity contribution in [2.45, 2.75) is 39.2 Å². The zero-order valence-corrected chi connectivity index (χ0v) is 14.3. The minimum atomic E-state index is -0.444. The van der Waals surface area contributed by atoms with Gasteiger partial charge in [0, 0.05) is 11.2 Å². The molecule has 1 amide bonds. The van der Waals surface area contributed by atoms with E-state index in [2.05, 4.69) is 0 Å². The topological polar surface area (TPSA) is 46.6 Å². The molecule has 1 fully saturated rings. The second kappa shape index (κ2) is 6.71. The predicted octanol–water partition coefficient (Wildman–Crippen LogP) is 3.77. The van der Waals surface area contributed by atoms with Gasteiger partial charge in [-0.15, -0.1) is 11.3 Å². The van der Waals surface area contributed by atoms with E-state index in [9.17, 15) is 9.59 Å². The van der Waals surface area contributed by atoms with E-state index in [0.717, 1.165) is 33.4 Å². The van der Waals surface area contributed by atoms with Crippen LogP contribution in [-0.2, 0) is 9.53 Å². The fourth-order valence-electron chi connectivity index (χ4n) is 3.17. The Morgan fingerprint density at radius 3 is 2.83 bits per heavy atom. The van der Waals surface area contributed by atoms with Gasteiger partial charge in [-0.2, -0.15) is 0 Å². The van der Waals surface area contributed by atoms with Gasteiger partial charge in [-0.05, 0) is 50.1 Å². The highest BCUT2D eigenvalue weighted by Crippen LogP contribution is 2.33. The number of aryl methyl sites for hydroxylation is 1. The van der Waals surface area contributed by atoms with E-state index in [-0.39, 0.29) is 11.9 Å². The largest absolute Gasteiger partial charge is 0.464 e. The van der Waals surface area contributed by atoms with Crippen LogP contribution in [0.15, 0.2) is 24.3 Å². The van der Waals surface area contributed by atoms with Crippen molar-refractivity contribution in [3.8, 4) is 0 Å². The van der Waals surface area contributed by atoms with Gasteiger partial charge in [0.2, 0.25) is 0 Å². The van der Waals surface area contributed by atoms with Crippen molar-refractivity contribution < 1.29 is 14.3 Å². The molecular formula is C18H21NO3S. The number of hydrogen-bond acceptors (Lipinski definition) is 4. The van der Waals surface area contributed by atoms with Crippen LogP contribution in [0.25, 0.3) is 10.1 Å². The zero-order chi connectivity index (χ0) is 16.4. The zero-order valence-electron chi connectivity index (χ0n) is 13.5. The van der Waals surface area contributed by atoms with Gasteiger partial charge in [-0.3, -0.25) is 4.79 Å². The Bertz CT molecular complexity index is 737. The van der Waals surface area contributed by atoms with Crippen LogP contribution < -0.4 is 0 Å². The average molecular weight is 331 g/mol. The summed E-state index contributed by atoms with van der Waals surface area (Å²) in [6.07, 6.45) is 2.58. The number of rotatable bonds is 3. The first-order valence-electron chi connectivity index (χ1n) is 8.09. The summed E-state index contributed by atoms with van der Waals surface area (Å²) in [7, 11) is 0. The van der Waals surface area contributed by atoms with Crippen molar-refractivity contribution in [2.24, 2.45) is 0 Å². The Morgan fingerprint density at radius 1 is 1.30 bits per heavy atom. The van der Waals surface area contributed by atoms with E-state index < -0.39 is 6.04 Å². The third-order valence-electron chi connectivity index (χ3n) is 4.36. The summed E-state index contributed by atoms with van der Waals surface area (Å²) in [4.78, 5) is 27.7. The fourth-order valence-corrected chi connectivity index (χ4v) is 4.33. The summed E-state index contributed by atoms with van der Waals surface area (Å²) in [5.41, 5.74) is 1.00. The molecule has 1 aromatic heterocycles. The number of esters is 1. The molecule has 0 aliphatic carbocycles. The van der Waals surface area contributed by atoms with Crippen LogP contribution >= 0.6 is 11.3 Å². The van der Waals surface area contributed by atoms with Crippen LogP contribution in [0.3, 0.4) is 0 Å². The molecule has 0 bridgehead atoms. The van der Waals surface area contributed by atoms with Crippen LogP contribution in [0.2, 0.25) is 0 Å². The summed E-state index contributed by atoms with van der Waals surface area (Å²) in [6.45, 7) is 4.74. The van der Waals surface area contributed by atoms with Gasteiger partial charge in [0.25, 0.3) is 5.91 Å².